The molecule has 0 aromatic carbocycles. The van der Waals surface area contributed by atoms with E-state index in [1.165, 1.54) is 0 Å². The molecule has 1 heterocycles. The van der Waals surface area contributed by atoms with Crippen LogP contribution in [-0.2, 0) is 0 Å². The zero-order valence-electron chi connectivity index (χ0n) is 12.1. The van der Waals surface area contributed by atoms with Gasteiger partial charge in [0.1, 0.15) is 11.3 Å². The fourth-order valence-corrected chi connectivity index (χ4v) is 2.20. The van der Waals surface area contributed by atoms with Crippen molar-refractivity contribution >= 4 is 23.2 Å². The highest BCUT2D eigenvalue weighted by Crippen LogP contribution is 2.20. The van der Waals surface area contributed by atoms with Gasteiger partial charge in [-0.1, -0.05) is 25.4 Å². The third kappa shape index (κ3) is 5.28. The third-order valence-electron chi connectivity index (χ3n) is 2.76. The normalized spacial score (nSPS) is 13.8. The highest BCUT2D eigenvalue weighted by atomic mass is 35.5. The van der Waals surface area contributed by atoms with E-state index in [-0.39, 0.29) is 28.9 Å². The Labute approximate surface area is 127 Å². The molecule has 8 heteroatoms. The highest BCUT2D eigenvalue weighted by molar-refractivity contribution is 6.32. The number of halogens is 1. The first-order chi connectivity index (χ1) is 9.62. The van der Waals surface area contributed by atoms with Crippen LogP contribution >= 0.6 is 11.6 Å². The molecule has 1 rings (SSSR count). The summed E-state index contributed by atoms with van der Waals surface area (Å²) < 4.78 is 0. The van der Waals surface area contributed by atoms with Gasteiger partial charge in [-0.3, -0.25) is 14.9 Å². The maximum absolute atomic E-state index is 12.0. The van der Waals surface area contributed by atoms with E-state index in [1.807, 2.05) is 13.8 Å². The minimum atomic E-state index is -1.07. The molecule has 1 atom stereocenters. The summed E-state index contributed by atoms with van der Waals surface area (Å²) in [7, 11) is 0. The molecule has 0 saturated heterocycles. The Balaban J connectivity index is 2.80. The van der Waals surface area contributed by atoms with E-state index in [0.717, 1.165) is 12.3 Å². The number of nitro groups is 1. The van der Waals surface area contributed by atoms with Crippen molar-refractivity contribution in [3.63, 3.8) is 0 Å². The molecular weight excluding hydrogens is 298 g/mol. The van der Waals surface area contributed by atoms with Gasteiger partial charge in [0.25, 0.3) is 11.6 Å². The van der Waals surface area contributed by atoms with Crippen LogP contribution in [0.3, 0.4) is 0 Å². The van der Waals surface area contributed by atoms with E-state index in [1.54, 1.807) is 6.92 Å². The van der Waals surface area contributed by atoms with Gasteiger partial charge in [-0.05, 0) is 19.3 Å². The van der Waals surface area contributed by atoms with Gasteiger partial charge in [0.05, 0.1) is 16.1 Å². The van der Waals surface area contributed by atoms with Gasteiger partial charge in [0.15, 0.2) is 0 Å². The van der Waals surface area contributed by atoms with Crippen LogP contribution in [0, 0.1) is 16.0 Å². The largest absolute Gasteiger partial charge is 0.388 e. The average Bonchev–Trinajstić information content (AvgIpc) is 2.34. The number of carbonyl (C=O) groups excluding carboxylic acids is 1. The third-order valence-corrected chi connectivity index (χ3v) is 3.06. The molecule has 21 heavy (non-hydrogen) atoms. The number of nitrogens with one attached hydrogen (secondary N) is 1. The molecule has 1 aromatic rings. The van der Waals surface area contributed by atoms with Crippen molar-refractivity contribution in [3.05, 3.63) is 33.1 Å². The fourth-order valence-electron chi connectivity index (χ4n) is 2.01. The van der Waals surface area contributed by atoms with Gasteiger partial charge in [-0.2, -0.15) is 0 Å². The summed E-state index contributed by atoms with van der Waals surface area (Å²) in [4.78, 5) is 25.6. The summed E-state index contributed by atoms with van der Waals surface area (Å²) in [6, 6.07) is 1.06. The SMILES string of the molecule is CC(C)CC(C)(O)CNC(=O)c1cc([N+](=O)[O-])cnc1Cl. The van der Waals surface area contributed by atoms with Gasteiger partial charge >= 0.3 is 0 Å². The molecule has 0 aliphatic heterocycles. The summed E-state index contributed by atoms with van der Waals surface area (Å²) in [6.07, 6.45) is 1.49. The molecule has 1 amide bonds. The predicted molar refractivity (Wildman–Crippen MR) is 78.3 cm³/mol. The van der Waals surface area contributed by atoms with Crippen molar-refractivity contribution in [3.8, 4) is 0 Å². The Hall–Kier alpha value is -1.73. The Morgan fingerprint density at radius 3 is 2.76 bits per heavy atom. The molecule has 0 radical (unpaired) electrons. The zero-order valence-corrected chi connectivity index (χ0v) is 12.8. The average molecular weight is 316 g/mol. The van der Waals surface area contributed by atoms with Gasteiger partial charge in [-0.25, -0.2) is 4.98 Å². The number of aromatic nitrogens is 1. The van der Waals surface area contributed by atoms with Crippen LogP contribution in [0.5, 0.6) is 0 Å². The number of rotatable bonds is 6. The Bertz CT molecular complexity index is 546. The van der Waals surface area contributed by atoms with Crippen molar-refractivity contribution in [1.82, 2.24) is 10.3 Å². The number of aliphatic hydroxyl groups is 1. The highest BCUT2D eigenvalue weighted by Gasteiger charge is 2.24. The molecule has 0 saturated carbocycles. The number of carbonyl (C=O) groups is 1. The van der Waals surface area contributed by atoms with Crippen molar-refractivity contribution in [2.24, 2.45) is 5.92 Å². The Morgan fingerprint density at radius 1 is 1.62 bits per heavy atom. The van der Waals surface area contributed by atoms with Crippen LogP contribution in [0.1, 0.15) is 37.6 Å². The number of pyridine rings is 1. The first-order valence-electron chi connectivity index (χ1n) is 6.43. The van der Waals surface area contributed by atoms with Gasteiger partial charge in [0.2, 0.25) is 0 Å². The summed E-state index contributed by atoms with van der Waals surface area (Å²) in [6.45, 7) is 5.54. The molecule has 0 aliphatic carbocycles. The zero-order chi connectivity index (χ0) is 16.2. The Morgan fingerprint density at radius 2 is 2.24 bits per heavy atom. The van der Waals surface area contributed by atoms with Gasteiger partial charge in [-0.15, -0.1) is 0 Å². The number of amides is 1. The number of hydrogen-bond donors (Lipinski definition) is 2. The molecule has 0 aliphatic rings. The van der Waals surface area contributed by atoms with Crippen LogP contribution in [0.4, 0.5) is 5.69 Å². The van der Waals surface area contributed by atoms with E-state index in [2.05, 4.69) is 10.3 Å². The quantitative estimate of drug-likeness (QED) is 0.475. The lowest BCUT2D eigenvalue weighted by Crippen LogP contribution is -2.41. The first-order valence-corrected chi connectivity index (χ1v) is 6.80. The predicted octanol–water partition coefficient (Wildman–Crippen LogP) is 2.17. The van der Waals surface area contributed by atoms with E-state index >= 15 is 0 Å². The lowest BCUT2D eigenvalue weighted by atomic mass is 9.94. The molecule has 0 fully saturated rings. The molecule has 2 N–H and O–H groups in total. The smallest absolute Gasteiger partial charge is 0.288 e. The second kappa shape index (κ2) is 6.82. The summed E-state index contributed by atoms with van der Waals surface area (Å²) in [5.74, 6) is -0.347. The maximum atomic E-state index is 12.0. The topological polar surface area (TPSA) is 105 Å². The second-order valence-corrected chi connectivity index (χ2v) is 5.92. The minimum Gasteiger partial charge on any atom is -0.388 e. The summed E-state index contributed by atoms with van der Waals surface area (Å²) in [5, 5.41) is 23.2. The van der Waals surface area contributed by atoms with Crippen molar-refractivity contribution in [1.29, 1.82) is 0 Å². The van der Waals surface area contributed by atoms with E-state index < -0.39 is 16.4 Å². The number of nitrogens with zero attached hydrogens (tertiary/aromatic N) is 2. The molecule has 0 spiro atoms. The van der Waals surface area contributed by atoms with Gasteiger partial charge in [0, 0.05) is 12.6 Å². The molecule has 1 aromatic heterocycles. The molecular formula is C13H18ClN3O4. The Kier molecular flexibility index (Phi) is 5.62. The first kappa shape index (κ1) is 17.3. The second-order valence-electron chi connectivity index (χ2n) is 5.57. The van der Waals surface area contributed by atoms with Crippen LogP contribution in [-0.4, -0.2) is 33.1 Å². The minimum absolute atomic E-state index is 0.0169. The van der Waals surface area contributed by atoms with Crippen molar-refractivity contribution in [2.45, 2.75) is 32.8 Å². The molecule has 0 bridgehead atoms. The lowest BCUT2D eigenvalue weighted by Gasteiger charge is -2.25. The van der Waals surface area contributed by atoms with Gasteiger partial charge < -0.3 is 10.4 Å². The van der Waals surface area contributed by atoms with E-state index in [4.69, 9.17) is 11.6 Å². The standard InChI is InChI=1S/C13H18ClN3O4/c1-8(2)5-13(3,19)7-16-12(18)10-4-9(17(20)21)6-15-11(10)14/h4,6,8,19H,5,7H2,1-3H3,(H,16,18). The number of hydrogen-bond acceptors (Lipinski definition) is 5. The van der Waals surface area contributed by atoms with Crippen molar-refractivity contribution in [2.75, 3.05) is 6.54 Å². The van der Waals surface area contributed by atoms with E-state index in [9.17, 15) is 20.0 Å². The van der Waals surface area contributed by atoms with Crippen molar-refractivity contribution < 1.29 is 14.8 Å². The van der Waals surface area contributed by atoms with E-state index in [0.29, 0.717) is 6.42 Å². The molecule has 1 unspecified atom stereocenters. The van der Waals surface area contributed by atoms with Crippen LogP contribution in [0.25, 0.3) is 0 Å². The summed E-state index contributed by atoms with van der Waals surface area (Å²) in [5.41, 5.74) is -1.48. The lowest BCUT2D eigenvalue weighted by molar-refractivity contribution is -0.385. The molecule has 116 valence electrons. The summed E-state index contributed by atoms with van der Waals surface area (Å²) >= 11 is 5.77. The maximum Gasteiger partial charge on any atom is 0.288 e. The monoisotopic (exact) mass is 315 g/mol. The molecule has 7 nitrogen and oxygen atoms in total. The fraction of sp³-hybridized carbons (Fsp3) is 0.538. The van der Waals surface area contributed by atoms with Crippen LogP contribution < -0.4 is 5.32 Å². The van der Waals surface area contributed by atoms with Crippen LogP contribution in [0.2, 0.25) is 5.15 Å². The van der Waals surface area contributed by atoms with Crippen LogP contribution in [0.15, 0.2) is 12.3 Å².